The van der Waals surface area contributed by atoms with Crippen LogP contribution in [0.15, 0.2) is 54.6 Å². The van der Waals surface area contributed by atoms with Gasteiger partial charge in [0.15, 0.2) is 0 Å². The Labute approximate surface area is 204 Å². The predicted octanol–water partition coefficient (Wildman–Crippen LogP) is 3.19. The number of amides is 2. The molecular weight excluding hydrogens is 478 g/mol. The van der Waals surface area contributed by atoms with Gasteiger partial charge >= 0.3 is 6.61 Å². The lowest BCUT2D eigenvalue weighted by molar-refractivity contribution is -0.159. The molecule has 1 saturated heterocycles. The lowest BCUT2D eigenvalue weighted by Crippen LogP contribution is -2.49. The maximum Gasteiger partial charge on any atom is 0.365 e. The summed E-state index contributed by atoms with van der Waals surface area (Å²) in [7, 11) is 1.98. The summed E-state index contributed by atoms with van der Waals surface area (Å²) in [4.78, 5) is 33.9. The second-order valence-electron chi connectivity index (χ2n) is 7.91. The maximum atomic E-state index is 13.0. The Morgan fingerprint density at radius 3 is 2.40 bits per heavy atom. The fourth-order valence-electron chi connectivity index (χ4n) is 3.49. The van der Waals surface area contributed by atoms with Crippen LogP contribution in [-0.4, -0.2) is 78.2 Å². The number of alkyl halides is 2. The van der Waals surface area contributed by atoms with Gasteiger partial charge in [-0.15, -0.1) is 10.2 Å². The molecule has 184 valence electrons. The molecule has 12 heteroatoms. The van der Waals surface area contributed by atoms with Gasteiger partial charge in [0.1, 0.15) is 5.01 Å². The van der Waals surface area contributed by atoms with E-state index in [4.69, 9.17) is 0 Å². The van der Waals surface area contributed by atoms with E-state index in [0.717, 1.165) is 18.7 Å². The molecule has 9 nitrogen and oxygen atoms in total. The monoisotopic (exact) mass is 502 g/mol. The molecule has 0 radical (unpaired) electrons. The minimum Gasteiger partial charge on any atom is -0.304 e. The van der Waals surface area contributed by atoms with Gasteiger partial charge in [0, 0.05) is 37.3 Å². The number of benzene rings is 2. The third-order valence-electron chi connectivity index (χ3n) is 5.40. The highest BCUT2D eigenvalue weighted by atomic mass is 32.1. The van der Waals surface area contributed by atoms with Crippen molar-refractivity contribution in [2.75, 3.05) is 50.2 Å². The van der Waals surface area contributed by atoms with Gasteiger partial charge in [0.2, 0.25) is 5.13 Å². The average Bonchev–Trinajstić information content (AvgIpc) is 3.33. The van der Waals surface area contributed by atoms with Crippen molar-refractivity contribution in [3.05, 3.63) is 60.2 Å². The smallest absolute Gasteiger partial charge is 0.304 e. The number of hydroxylamine groups is 1. The Bertz CT molecular complexity index is 1140. The Morgan fingerprint density at radius 2 is 1.74 bits per heavy atom. The van der Waals surface area contributed by atoms with E-state index in [1.54, 1.807) is 0 Å². The van der Waals surface area contributed by atoms with Gasteiger partial charge in [-0.2, -0.15) is 18.7 Å². The molecule has 35 heavy (non-hydrogen) atoms. The normalized spacial score (nSPS) is 14.7. The topological polar surface area (TPSA) is 90.9 Å². The summed E-state index contributed by atoms with van der Waals surface area (Å²) in [6.07, 6.45) is 0. The van der Waals surface area contributed by atoms with Crippen LogP contribution in [0.2, 0.25) is 0 Å². The number of carbonyl (C=O) groups is 2. The maximum absolute atomic E-state index is 13.0. The summed E-state index contributed by atoms with van der Waals surface area (Å²) < 4.78 is 26.0. The molecule has 1 N–H and O–H groups in total. The number of hydrogen-bond acceptors (Lipinski definition) is 8. The average molecular weight is 503 g/mol. The third kappa shape index (κ3) is 6.63. The number of piperazine rings is 1. The number of nitrogens with one attached hydrogen (secondary N) is 1. The second-order valence-corrected chi connectivity index (χ2v) is 8.89. The van der Waals surface area contributed by atoms with E-state index in [2.05, 4.69) is 25.3 Å². The molecule has 1 aliphatic rings. The molecule has 2 heterocycles. The van der Waals surface area contributed by atoms with Crippen molar-refractivity contribution in [2.24, 2.45) is 0 Å². The summed E-state index contributed by atoms with van der Waals surface area (Å²) in [6, 6.07) is 15.1. The molecule has 1 aromatic heterocycles. The van der Waals surface area contributed by atoms with Crippen molar-refractivity contribution < 1.29 is 23.2 Å². The van der Waals surface area contributed by atoms with Crippen molar-refractivity contribution in [3.63, 3.8) is 0 Å². The fraction of sp³-hybridized carbons (Fsp3) is 0.304. The number of anilines is 2. The summed E-state index contributed by atoms with van der Waals surface area (Å²) >= 11 is 1.23. The zero-order valence-corrected chi connectivity index (χ0v) is 19.8. The molecule has 0 unspecified atom stereocenters. The van der Waals surface area contributed by atoms with Gasteiger partial charge in [0.05, 0.1) is 12.2 Å². The fourth-order valence-corrected chi connectivity index (χ4v) is 4.24. The van der Waals surface area contributed by atoms with Gasteiger partial charge in [-0.05, 0) is 31.3 Å². The van der Waals surface area contributed by atoms with Crippen LogP contribution in [0.25, 0.3) is 10.6 Å². The van der Waals surface area contributed by atoms with Crippen molar-refractivity contribution in [3.8, 4) is 10.6 Å². The molecule has 0 spiro atoms. The zero-order chi connectivity index (χ0) is 24.8. The van der Waals surface area contributed by atoms with Crippen LogP contribution in [0.3, 0.4) is 0 Å². The molecule has 0 saturated carbocycles. The summed E-state index contributed by atoms with van der Waals surface area (Å²) in [5.74, 6) is -1.06. The highest BCUT2D eigenvalue weighted by Crippen LogP contribution is 2.26. The second kappa shape index (κ2) is 11.4. The summed E-state index contributed by atoms with van der Waals surface area (Å²) in [5.41, 5.74) is 1.24. The molecule has 2 amide bonds. The van der Waals surface area contributed by atoms with E-state index in [9.17, 15) is 18.4 Å². The Morgan fingerprint density at radius 1 is 1.06 bits per heavy atom. The van der Waals surface area contributed by atoms with Crippen molar-refractivity contribution in [1.82, 2.24) is 20.0 Å². The standard InChI is InChI=1S/C23H24F2N6O3S/c1-29-11-13-30(14-12-29)15-19(32)31(34-22(24)25)18-9-7-16(8-10-18)20(33)26-23-28-27-21(35-23)17-5-3-2-4-6-17/h2-10,22H,11-15H2,1H3,(H,26,28,33). The highest BCUT2D eigenvalue weighted by molar-refractivity contribution is 7.18. The lowest BCUT2D eigenvalue weighted by Gasteiger charge is -2.33. The first-order valence-corrected chi connectivity index (χ1v) is 11.7. The van der Waals surface area contributed by atoms with Crippen molar-refractivity contribution in [1.29, 1.82) is 0 Å². The summed E-state index contributed by atoms with van der Waals surface area (Å²) in [6.45, 7) is -0.347. The van der Waals surface area contributed by atoms with Crippen LogP contribution in [0.5, 0.6) is 0 Å². The van der Waals surface area contributed by atoms with Crippen LogP contribution < -0.4 is 10.4 Å². The zero-order valence-electron chi connectivity index (χ0n) is 18.9. The highest BCUT2D eigenvalue weighted by Gasteiger charge is 2.25. The largest absolute Gasteiger partial charge is 0.365 e. The van der Waals surface area contributed by atoms with Crippen molar-refractivity contribution >= 4 is 34.0 Å². The van der Waals surface area contributed by atoms with Crippen LogP contribution in [0.1, 0.15) is 10.4 Å². The van der Waals surface area contributed by atoms with Crippen molar-refractivity contribution in [2.45, 2.75) is 6.61 Å². The molecule has 0 bridgehead atoms. The third-order valence-corrected chi connectivity index (χ3v) is 6.28. The number of halogens is 2. The molecule has 0 aliphatic carbocycles. The minimum absolute atomic E-state index is 0.0520. The molecule has 2 aromatic carbocycles. The molecule has 3 aromatic rings. The van der Waals surface area contributed by atoms with E-state index in [1.807, 2.05) is 42.3 Å². The van der Waals surface area contributed by atoms with Crippen LogP contribution in [0, 0.1) is 0 Å². The van der Waals surface area contributed by atoms with Crippen LogP contribution in [0.4, 0.5) is 19.6 Å². The van der Waals surface area contributed by atoms with Gasteiger partial charge in [-0.3, -0.25) is 19.8 Å². The number of likely N-dealkylation sites (N-methyl/N-ethyl adjacent to an activating group) is 1. The molecule has 1 fully saturated rings. The minimum atomic E-state index is -3.18. The molecule has 1 aliphatic heterocycles. The molecule has 0 atom stereocenters. The number of nitrogens with zero attached hydrogens (tertiary/aromatic N) is 5. The molecule has 4 rings (SSSR count). The first-order chi connectivity index (χ1) is 16.9. The van der Waals surface area contributed by atoms with E-state index in [-0.39, 0.29) is 17.8 Å². The quantitative estimate of drug-likeness (QED) is 0.473. The van der Waals surface area contributed by atoms with Crippen LogP contribution in [-0.2, 0) is 9.63 Å². The van der Waals surface area contributed by atoms with E-state index in [0.29, 0.717) is 28.3 Å². The first kappa shape index (κ1) is 24.8. The Kier molecular flexibility index (Phi) is 8.08. The first-order valence-electron chi connectivity index (χ1n) is 10.9. The SMILES string of the molecule is CN1CCN(CC(=O)N(OC(F)F)c2ccc(C(=O)Nc3nnc(-c4ccccc4)s3)cc2)CC1. The Balaban J connectivity index is 1.41. The van der Waals surface area contributed by atoms with E-state index in [1.165, 1.54) is 35.6 Å². The van der Waals surface area contributed by atoms with Gasteiger partial charge in [0.25, 0.3) is 11.8 Å². The number of carbonyl (C=O) groups excluding carboxylic acids is 2. The predicted molar refractivity (Wildman–Crippen MR) is 128 cm³/mol. The van der Waals surface area contributed by atoms with E-state index < -0.39 is 18.4 Å². The van der Waals surface area contributed by atoms with Crippen LogP contribution >= 0.6 is 11.3 Å². The summed E-state index contributed by atoms with van der Waals surface area (Å²) in [5, 5.41) is 12.3. The van der Waals surface area contributed by atoms with Gasteiger partial charge in [-0.25, -0.2) is 0 Å². The number of rotatable bonds is 8. The lowest BCUT2D eigenvalue weighted by atomic mass is 10.2. The Hall–Kier alpha value is -3.32. The van der Waals surface area contributed by atoms with E-state index >= 15 is 0 Å². The van der Waals surface area contributed by atoms with Gasteiger partial charge < -0.3 is 4.90 Å². The molecular formula is C23H24F2N6O3S. The number of hydrogen-bond donors (Lipinski definition) is 1. The van der Waals surface area contributed by atoms with Gasteiger partial charge in [-0.1, -0.05) is 41.7 Å². The number of aromatic nitrogens is 2.